The van der Waals surface area contributed by atoms with Gasteiger partial charge in [-0.05, 0) is 92.7 Å². The molecule has 0 radical (unpaired) electrons. The predicted octanol–water partition coefficient (Wildman–Crippen LogP) is 6.52. The molecular formula is C28H42O3. The second-order valence-corrected chi connectivity index (χ2v) is 9.88. The summed E-state index contributed by atoms with van der Waals surface area (Å²) >= 11 is 0. The number of aryl methyl sites for hydroxylation is 2. The summed E-state index contributed by atoms with van der Waals surface area (Å²) in [4.78, 5) is 11.6. The lowest BCUT2D eigenvalue weighted by Crippen LogP contribution is -2.23. The van der Waals surface area contributed by atoms with Crippen LogP contribution in [0.2, 0.25) is 0 Å². The van der Waals surface area contributed by atoms with Gasteiger partial charge in [0, 0.05) is 12.2 Å². The largest absolute Gasteiger partial charge is 0.462 e. The minimum atomic E-state index is -0.302. The topological polar surface area (TPSA) is 46.5 Å². The molecule has 1 N–H and O–H groups in total. The van der Waals surface area contributed by atoms with Crippen molar-refractivity contribution < 1.29 is 14.6 Å². The molecule has 31 heavy (non-hydrogen) atoms. The first-order valence-corrected chi connectivity index (χ1v) is 12.6. The second kappa shape index (κ2) is 12.4. The molecule has 2 aliphatic carbocycles. The number of carbonyl (C=O) groups excluding carboxylic acids is 1. The van der Waals surface area contributed by atoms with Crippen molar-refractivity contribution in [3.63, 3.8) is 0 Å². The van der Waals surface area contributed by atoms with Gasteiger partial charge in [0.15, 0.2) is 0 Å². The Kier molecular flexibility index (Phi) is 9.64. The van der Waals surface area contributed by atoms with E-state index in [1.165, 1.54) is 74.5 Å². The fourth-order valence-electron chi connectivity index (χ4n) is 5.73. The van der Waals surface area contributed by atoms with Gasteiger partial charge in [-0.2, -0.15) is 0 Å². The van der Waals surface area contributed by atoms with Gasteiger partial charge in [0.25, 0.3) is 0 Å². The van der Waals surface area contributed by atoms with Crippen molar-refractivity contribution in [1.29, 1.82) is 0 Å². The number of ether oxygens (including phenoxy) is 1. The zero-order chi connectivity index (χ0) is 22.1. The molecule has 1 aromatic rings. The number of aliphatic hydroxyl groups is 1. The summed E-state index contributed by atoms with van der Waals surface area (Å²) in [7, 11) is 0. The Labute approximate surface area is 189 Å². The highest BCUT2D eigenvalue weighted by Gasteiger charge is 2.29. The molecule has 3 heteroatoms. The minimum absolute atomic E-state index is 0.225. The lowest BCUT2D eigenvalue weighted by Gasteiger charge is -2.36. The maximum absolute atomic E-state index is 11.6. The number of rotatable bonds is 10. The summed E-state index contributed by atoms with van der Waals surface area (Å²) in [5.41, 5.74) is 4.64. The molecule has 2 fully saturated rings. The Balaban J connectivity index is 1.58. The molecule has 172 valence electrons. The summed E-state index contributed by atoms with van der Waals surface area (Å²) in [5, 5.41) is 9.27. The highest BCUT2D eigenvalue weighted by Crippen LogP contribution is 2.43. The molecule has 2 aliphatic rings. The third kappa shape index (κ3) is 7.20. The van der Waals surface area contributed by atoms with E-state index in [2.05, 4.69) is 24.8 Å². The van der Waals surface area contributed by atoms with Crippen molar-refractivity contribution in [2.75, 3.05) is 13.2 Å². The van der Waals surface area contributed by atoms with Crippen LogP contribution in [0.3, 0.4) is 0 Å². The molecule has 3 rings (SSSR count). The fraction of sp³-hybridized carbons (Fsp3) is 0.679. The SMILES string of the molecule is C=C(C)C(=O)OCCCc1cc(C2CCC(C3CCCCC3)CC2)ccc1CCCO. The maximum atomic E-state index is 11.6. The second-order valence-electron chi connectivity index (χ2n) is 9.88. The highest BCUT2D eigenvalue weighted by molar-refractivity contribution is 5.86. The van der Waals surface area contributed by atoms with Crippen LogP contribution in [0.15, 0.2) is 30.4 Å². The Bertz CT molecular complexity index is 709. The van der Waals surface area contributed by atoms with Gasteiger partial charge in [-0.25, -0.2) is 4.79 Å². The molecule has 1 aromatic carbocycles. The van der Waals surface area contributed by atoms with E-state index in [-0.39, 0.29) is 12.6 Å². The Morgan fingerprint density at radius 1 is 0.968 bits per heavy atom. The summed E-state index contributed by atoms with van der Waals surface area (Å²) in [6, 6.07) is 7.04. The Morgan fingerprint density at radius 2 is 1.65 bits per heavy atom. The first-order valence-electron chi connectivity index (χ1n) is 12.6. The third-order valence-electron chi connectivity index (χ3n) is 7.57. The lowest BCUT2D eigenvalue weighted by molar-refractivity contribution is -0.139. The number of carbonyl (C=O) groups is 1. The van der Waals surface area contributed by atoms with E-state index in [0.717, 1.165) is 37.5 Å². The standard InChI is InChI=1S/C28H42O3/c1-21(2)28(30)31-19-7-11-26-20-27(17-16-23(26)10-6-18-29)25-14-12-24(13-15-25)22-8-4-3-5-9-22/h16-17,20,22,24-25,29H,1,3-15,18-19H2,2H3. The van der Waals surface area contributed by atoms with Crippen LogP contribution >= 0.6 is 0 Å². The van der Waals surface area contributed by atoms with Gasteiger partial charge in [0.2, 0.25) is 0 Å². The van der Waals surface area contributed by atoms with Crippen molar-refractivity contribution in [2.24, 2.45) is 11.8 Å². The molecule has 0 amide bonds. The van der Waals surface area contributed by atoms with Gasteiger partial charge in [-0.15, -0.1) is 0 Å². The Morgan fingerprint density at radius 3 is 2.32 bits per heavy atom. The molecular weight excluding hydrogens is 384 g/mol. The summed E-state index contributed by atoms with van der Waals surface area (Å²) in [6.07, 6.45) is 16.2. The molecule has 0 atom stereocenters. The fourth-order valence-corrected chi connectivity index (χ4v) is 5.73. The molecule has 0 unspecified atom stereocenters. The van der Waals surface area contributed by atoms with Crippen LogP contribution in [0.25, 0.3) is 0 Å². The first-order chi connectivity index (χ1) is 15.1. The zero-order valence-corrected chi connectivity index (χ0v) is 19.5. The average molecular weight is 427 g/mol. The van der Waals surface area contributed by atoms with Crippen LogP contribution in [0, 0.1) is 11.8 Å². The molecule has 0 saturated heterocycles. The number of aliphatic hydroxyl groups excluding tert-OH is 1. The van der Waals surface area contributed by atoms with Crippen LogP contribution in [0.4, 0.5) is 0 Å². The average Bonchev–Trinajstić information content (AvgIpc) is 2.81. The summed E-state index contributed by atoms with van der Waals surface area (Å²) < 4.78 is 5.28. The van der Waals surface area contributed by atoms with E-state index in [4.69, 9.17) is 4.74 Å². The van der Waals surface area contributed by atoms with Crippen molar-refractivity contribution in [1.82, 2.24) is 0 Å². The van der Waals surface area contributed by atoms with E-state index >= 15 is 0 Å². The molecule has 0 heterocycles. The van der Waals surface area contributed by atoms with Crippen LogP contribution in [-0.2, 0) is 22.4 Å². The molecule has 0 aromatic heterocycles. The maximum Gasteiger partial charge on any atom is 0.333 e. The van der Waals surface area contributed by atoms with Crippen molar-refractivity contribution in [3.05, 3.63) is 47.0 Å². The monoisotopic (exact) mass is 426 g/mol. The molecule has 0 bridgehead atoms. The number of benzene rings is 1. The number of hydrogen-bond donors (Lipinski definition) is 1. The van der Waals surface area contributed by atoms with E-state index in [9.17, 15) is 9.90 Å². The zero-order valence-electron chi connectivity index (χ0n) is 19.5. The van der Waals surface area contributed by atoms with Gasteiger partial charge in [-0.1, -0.05) is 56.9 Å². The van der Waals surface area contributed by atoms with E-state index in [1.807, 2.05) is 0 Å². The highest BCUT2D eigenvalue weighted by atomic mass is 16.5. The minimum Gasteiger partial charge on any atom is -0.462 e. The third-order valence-corrected chi connectivity index (χ3v) is 7.57. The van der Waals surface area contributed by atoms with Crippen molar-refractivity contribution >= 4 is 5.97 Å². The molecule has 0 aliphatic heterocycles. The quantitative estimate of drug-likeness (QED) is 0.263. The lowest BCUT2D eigenvalue weighted by atomic mass is 9.70. The van der Waals surface area contributed by atoms with Crippen molar-refractivity contribution in [3.8, 4) is 0 Å². The predicted molar refractivity (Wildman–Crippen MR) is 127 cm³/mol. The Hall–Kier alpha value is -1.61. The van der Waals surface area contributed by atoms with Gasteiger partial charge in [-0.3, -0.25) is 0 Å². The number of esters is 1. The molecule has 0 spiro atoms. The van der Waals surface area contributed by atoms with E-state index in [0.29, 0.717) is 18.1 Å². The van der Waals surface area contributed by atoms with Gasteiger partial charge < -0.3 is 9.84 Å². The van der Waals surface area contributed by atoms with Crippen LogP contribution < -0.4 is 0 Å². The summed E-state index contributed by atoms with van der Waals surface area (Å²) in [6.45, 7) is 5.98. The smallest absolute Gasteiger partial charge is 0.333 e. The molecule has 3 nitrogen and oxygen atoms in total. The van der Waals surface area contributed by atoms with E-state index < -0.39 is 0 Å². The summed E-state index contributed by atoms with van der Waals surface area (Å²) in [5.74, 6) is 2.34. The van der Waals surface area contributed by atoms with Gasteiger partial charge in [0.05, 0.1) is 6.61 Å². The van der Waals surface area contributed by atoms with Crippen LogP contribution in [0.1, 0.15) is 100 Å². The first kappa shape index (κ1) is 24.0. The van der Waals surface area contributed by atoms with Crippen LogP contribution in [-0.4, -0.2) is 24.3 Å². The van der Waals surface area contributed by atoms with Gasteiger partial charge >= 0.3 is 5.97 Å². The molecule has 2 saturated carbocycles. The van der Waals surface area contributed by atoms with E-state index in [1.54, 1.807) is 6.92 Å². The van der Waals surface area contributed by atoms with Gasteiger partial charge in [0.1, 0.15) is 0 Å². The van der Waals surface area contributed by atoms with Crippen molar-refractivity contribution in [2.45, 2.75) is 96.3 Å². The number of hydrogen-bond acceptors (Lipinski definition) is 3. The normalized spacial score (nSPS) is 22.3. The van der Waals surface area contributed by atoms with Crippen LogP contribution in [0.5, 0.6) is 0 Å².